The Bertz CT molecular complexity index is 811. The number of benzene rings is 2. The number of nitrogens with zero attached hydrogens (tertiary/aromatic N) is 2. The van der Waals surface area contributed by atoms with E-state index in [0.717, 1.165) is 23.4 Å². The summed E-state index contributed by atoms with van der Waals surface area (Å²) in [4.78, 5) is 14.7. The van der Waals surface area contributed by atoms with Gasteiger partial charge in [0.25, 0.3) is 0 Å². The molecule has 0 radical (unpaired) electrons. The Morgan fingerprint density at radius 3 is 2.76 bits per heavy atom. The average Bonchev–Trinajstić information content (AvgIpc) is 3.44. The highest BCUT2D eigenvalue weighted by Crippen LogP contribution is 2.36. The molecule has 0 bridgehead atoms. The van der Waals surface area contributed by atoms with Gasteiger partial charge in [-0.15, -0.1) is 0 Å². The Kier molecular flexibility index (Phi) is 5.37. The summed E-state index contributed by atoms with van der Waals surface area (Å²) in [5.74, 6) is -0.0825. The summed E-state index contributed by atoms with van der Waals surface area (Å²) < 4.78 is 0. The van der Waals surface area contributed by atoms with Crippen molar-refractivity contribution >= 4 is 23.2 Å². The first-order valence-electron chi connectivity index (χ1n) is 8.38. The molecular formula is C20H20ClN3O. The van der Waals surface area contributed by atoms with Crippen molar-refractivity contribution in [2.24, 2.45) is 0 Å². The van der Waals surface area contributed by atoms with Crippen LogP contribution in [0.1, 0.15) is 36.9 Å². The van der Waals surface area contributed by atoms with Crippen molar-refractivity contribution in [2.75, 3.05) is 11.9 Å². The molecule has 1 aliphatic rings. The normalized spacial score (nSPS) is 14.8. The molecule has 2 aromatic rings. The summed E-state index contributed by atoms with van der Waals surface area (Å²) in [5.41, 5.74) is 2.21. The smallest absolute Gasteiger partial charge is 0.238 e. The van der Waals surface area contributed by atoms with Gasteiger partial charge in [0.2, 0.25) is 5.91 Å². The minimum Gasteiger partial charge on any atom is -0.325 e. The van der Waals surface area contributed by atoms with Gasteiger partial charge in [0.1, 0.15) is 0 Å². The number of anilines is 1. The maximum absolute atomic E-state index is 12.5. The molecule has 1 atom stereocenters. The van der Waals surface area contributed by atoms with Crippen LogP contribution in [0.5, 0.6) is 0 Å². The number of halogens is 1. The lowest BCUT2D eigenvalue weighted by molar-refractivity contribution is -0.118. The Morgan fingerprint density at radius 2 is 2.08 bits per heavy atom. The Hall–Kier alpha value is -2.35. The molecule has 0 spiro atoms. The number of nitriles is 1. The summed E-state index contributed by atoms with van der Waals surface area (Å²) in [5, 5.41) is 12.6. The van der Waals surface area contributed by atoms with E-state index in [9.17, 15) is 4.79 Å². The number of nitrogens with one attached hydrogen (secondary N) is 1. The van der Waals surface area contributed by atoms with Gasteiger partial charge in [0, 0.05) is 22.8 Å². The van der Waals surface area contributed by atoms with Crippen LogP contribution < -0.4 is 5.32 Å². The Morgan fingerprint density at radius 1 is 1.32 bits per heavy atom. The van der Waals surface area contributed by atoms with Gasteiger partial charge in [-0.05, 0) is 49.6 Å². The molecule has 128 valence electrons. The fourth-order valence-electron chi connectivity index (χ4n) is 3.01. The lowest BCUT2D eigenvalue weighted by atomic mass is 10.1. The van der Waals surface area contributed by atoms with Crippen LogP contribution in [-0.2, 0) is 4.79 Å². The highest BCUT2D eigenvalue weighted by Gasteiger charge is 2.34. The topological polar surface area (TPSA) is 56.1 Å². The van der Waals surface area contributed by atoms with Crippen molar-refractivity contribution in [3.8, 4) is 6.07 Å². The quantitative estimate of drug-likeness (QED) is 0.838. The average molecular weight is 354 g/mol. The monoisotopic (exact) mass is 353 g/mol. The van der Waals surface area contributed by atoms with E-state index in [4.69, 9.17) is 16.9 Å². The lowest BCUT2D eigenvalue weighted by Crippen LogP contribution is -2.37. The van der Waals surface area contributed by atoms with E-state index in [1.807, 2.05) is 24.3 Å². The van der Waals surface area contributed by atoms with Crippen LogP contribution in [0.3, 0.4) is 0 Å². The molecule has 2 aromatic carbocycles. The molecule has 5 heteroatoms. The van der Waals surface area contributed by atoms with Crippen LogP contribution in [0.4, 0.5) is 5.69 Å². The molecule has 0 saturated heterocycles. The fourth-order valence-corrected chi connectivity index (χ4v) is 3.31. The van der Waals surface area contributed by atoms with Crippen molar-refractivity contribution in [3.05, 3.63) is 64.7 Å². The van der Waals surface area contributed by atoms with Crippen molar-refractivity contribution in [1.82, 2.24) is 4.90 Å². The lowest BCUT2D eigenvalue weighted by Gasteiger charge is -2.29. The first kappa shape index (κ1) is 17.5. The predicted molar refractivity (Wildman–Crippen MR) is 99.4 cm³/mol. The minimum absolute atomic E-state index is 0.0670. The molecule has 1 unspecified atom stereocenters. The highest BCUT2D eigenvalue weighted by atomic mass is 35.5. The Balaban J connectivity index is 1.70. The van der Waals surface area contributed by atoms with E-state index in [2.05, 4.69) is 23.2 Å². The largest absolute Gasteiger partial charge is 0.325 e. The van der Waals surface area contributed by atoms with Gasteiger partial charge in [-0.3, -0.25) is 9.69 Å². The summed E-state index contributed by atoms with van der Waals surface area (Å²) in [7, 11) is 0. The van der Waals surface area contributed by atoms with E-state index < -0.39 is 0 Å². The minimum atomic E-state index is -0.0825. The SMILES string of the molecule is CC(c1ccccc1Cl)N(CC(=O)Nc1cccc(C#N)c1)C1CC1. The van der Waals surface area contributed by atoms with Crippen molar-refractivity contribution in [1.29, 1.82) is 5.26 Å². The molecule has 1 saturated carbocycles. The van der Waals surface area contributed by atoms with E-state index in [1.165, 1.54) is 0 Å². The van der Waals surface area contributed by atoms with E-state index in [-0.39, 0.29) is 11.9 Å². The summed E-state index contributed by atoms with van der Waals surface area (Å²) in [6.45, 7) is 2.39. The van der Waals surface area contributed by atoms with Gasteiger partial charge >= 0.3 is 0 Å². The first-order valence-corrected chi connectivity index (χ1v) is 8.76. The third-order valence-corrected chi connectivity index (χ3v) is 4.81. The fraction of sp³-hybridized carbons (Fsp3) is 0.300. The van der Waals surface area contributed by atoms with Crippen LogP contribution in [0.15, 0.2) is 48.5 Å². The van der Waals surface area contributed by atoms with Gasteiger partial charge in [-0.1, -0.05) is 35.9 Å². The maximum Gasteiger partial charge on any atom is 0.238 e. The molecule has 0 aromatic heterocycles. The van der Waals surface area contributed by atoms with Gasteiger partial charge < -0.3 is 5.32 Å². The van der Waals surface area contributed by atoms with E-state index in [1.54, 1.807) is 24.3 Å². The molecule has 0 aliphatic heterocycles. The van der Waals surface area contributed by atoms with Crippen molar-refractivity contribution in [3.63, 3.8) is 0 Å². The molecule has 4 nitrogen and oxygen atoms in total. The summed E-state index contributed by atoms with van der Waals surface area (Å²) in [6, 6.07) is 17.3. The third kappa shape index (κ3) is 4.39. The zero-order valence-electron chi connectivity index (χ0n) is 14.1. The van der Waals surface area contributed by atoms with E-state index >= 15 is 0 Å². The van der Waals surface area contributed by atoms with Gasteiger partial charge in [0.15, 0.2) is 0 Å². The molecule has 1 aliphatic carbocycles. The molecule has 1 N–H and O–H groups in total. The first-order chi connectivity index (χ1) is 12.1. The van der Waals surface area contributed by atoms with Crippen LogP contribution in [0, 0.1) is 11.3 Å². The van der Waals surface area contributed by atoms with Crippen molar-refractivity contribution < 1.29 is 4.79 Å². The maximum atomic E-state index is 12.5. The zero-order valence-corrected chi connectivity index (χ0v) is 14.8. The van der Waals surface area contributed by atoms with Gasteiger partial charge in [-0.25, -0.2) is 0 Å². The molecule has 0 heterocycles. The summed E-state index contributed by atoms with van der Waals surface area (Å²) in [6.07, 6.45) is 2.21. The van der Waals surface area contributed by atoms with Gasteiger partial charge in [-0.2, -0.15) is 5.26 Å². The van der Waals surface area contributed by atoms with Crippen molar-refractivity contribution in [2.45, 2.75) is 31.8 Å². The number of amides is 1. The second-order valence-corrected chi connectivity index (χ2v) is 6.75. The number of hydrogen-bond acceptors (Lipinski definition) is 3. The molecule has 1 fully saturated rings. The molecule has 3 rings (SSSR count). The Labute approximate surface area is 153 Å². The molecule has 1 amide bonds. The number of carbonyl (C=O) groups is 1. The van der Waals surface area contributed by atoms with Crippen LogP contribution >= 0.6 is 11.6 Å². The number of hydrogen-bond donors (Lipinski definition) is 1. The third-order valence-electron chi connectivity index (χ3n) is 4.47. The number of rotatable bonds is 6. The zero-order chi connectivity index (χ0) is 17.8. The predicted octanol–water partition coefficient (Wildman–Crippen LogP) is 4.38. The van der Waals surface area contributed by atoms with Gasteiger partial charge in [0.05, 0.1) is 18.2 Å². The highest BCUT2D eigenvalue weighted by molar-refractivity contribution is 6.31. The number of carbonyl (C=O) groups excluding carboxylic acids is 1. The van der Waals surface area contributed by atoms with Crippen LogP contribution in [-0.4, -0.2) is 23.4 Å². The second-order valence-electron chi connectivity index (χ2n) is 6.34. The second kappa shape index (κ2) is 7.69. The van der Waals surface area contributed by atoms with Crippen LogP contribution in [0.25, 0.3) is 0 Å². The van der Waals surface area contributed by atoms with Crippen LogP contribution in [0.2, 0.25) is 5.02 Å². The molecule has 25 heavy (non-hydrogen) atoms. The molecular weight excluding hydrogens is 334 g/mol. The van der Waals surface area contributed by atoms with E-state index in [0.29, 0.717) is 23.8 Å². The summed E-state index contributed by atoms with van der Waals surface area (Å²) >= 11 is 6.33. The standard InChI is InChI=1S/C20H20ClN3O/c1-14(18-7-2-3-8-19(18)21)24(17-9-10-17)13-20(25)23-16-6-4-5-15(11-16)12-22/h2-8,11,14,17H,9-10,13H2,1H3,(H,23,25).